The van der Waals surface area contributed by atoms with Crippen molar-refractivity contribution in [2.24, 2.45) is 0 Å². The van der Waals surface area contributed by atoms with Crippen molar-refractivity contribution in [1.82, 2.24) is 5.32 Å². The minimum Gasteiger partial charge on any atom is -0.399 e. The molecule has 2 fully saturated rings. The lowest BCUT2D eigenvalue weighted by Crippen LogP contribution is -2.47. The first-order chi connectivity index (χ1) is 9.91. The van der Waals surface area contributed by atoms with E-state index in [9.17, 15) is 13.2 Å². The van der Waals surface area contributed by atoms with Crippen LogP contribution in [0.4, 0.5) is 5.69 Å². The van der Waals surface area contributed by atoms with E-state index < -0.39 is 15.3 Å². The molecule has 3 rings (SSSR count). The van der Waals surface area contributed by atoms with Crippen LogP contribution in [0.3, 0.4) is 0 Å². The van der Waals surface area contributed by atoms with Gasteiger partial charge in [-0.15, -0.1) is 0 Å². The smallest absolute Gasteiger partial charge is 0.230 e. The third-order valence-corrected chi connectivity index (χ3v) is 6.27. The summed E-state index contributed by atoms with van der Waals surface area (Å²) in [5.41, 5.74) is 6.84. The summed E-state index contributed by atoms with van der Waals surface area (Å²) in [5.74, 6) is 0.258. The molecule has 1 heterocycles. The maximum Gasteiger partial charge on any atom is 0.230 e. The van der Waals surface area contributed by atoms with Crippen LogP contribution >= 0.6 is 0 Å². The van der Waals surface area contributed by atoms with Gasteiger partial charge in [-0.25, -0.2) is 8.42 Å². The predicted octanol–water partition coefficient (Wildman–Crippen LogP) is 0.994. The fourth-order valence-electron chi connectivity index (χ4n) is 3.03. The Morgan fingerprint density at radius 1 is 1.24 bits per heavy atom. The van der Waals surface area contributed by atoms with Crippen molar-refractivity contribution in [2.75, 3.05) is 17.2 Å². The predicted molar refractivity (Wildman–Crippen MR) is 81.6 cm³/mol. The number of rotatable bonds is 3. The molecular weight excluding hydrogens is 288 g/mol. The van der Waals surface area contributed by atoms with E-state index in [0.29, 0.717) is 12.1 Å². The summed E-state index contributed by atoms with van der Waals surface area (Å²) in [6.07, 6.45) is 2.98. The SMILES string of the molecule is Nc1ccc(C2(C(=O)NC3CCCS(=O)(=O)C3)CC2)cc1. The van der Waals surface area contributed by atoms with Crippen LogP contribution in [0.25, 0.3) is 0 Å². The molecule has 3 N–H and O–H groups in total. The van der Waals surface area contributed by atoms with Gasteiger partial charge in [0.2, 0.25) is 5.91 Å². The van der Waals surface area contributed by atoms with Gasteiger partial charge >= 0.3 is 0 Å². The molecule has 6 heteroatoms. The Morgan fingerprint density at radius 3 is 2.48 bits per heavy atom. The van der Waals surface area contributed by atoms with Crippen molar-refractivity contribution in [1.29, 1.82) is 0 Å². The number of benzene rings is 1. The molecular formula is C15H20N2O3S. The summed E-state index contributed by atoms with van der Waals surface area (Å²) in [6.45, 7) is 0. The highest BCUT2D eigenvalue weighted by Gasteiger charge is 2.51. The molecule has 2 aliphatic rings. The first-order valence-corrected chi connectivity index (χ1v) is 9.11. The highest BCUT2D eigenvalue weighted by Crippen LogP contribution is 2.48. The van der Waals surface area contributed by atoms with Gasteiger partial charge in [0.05, 0.1) is 16.9 Å². The van der Waals surface area contributed by atoms with Gasteiger partial charge < -0.3 is 11.1 Å². The Morgan fingerprint density at radius 2 is 1.90 bits per heavy atom. The van der Waals surface area contributed by atoms with Crippen LogP contribution in [0.1, 0.15) is 31.2 Å². The lowest BCUT2D eigenvalue weighted by Gasteiger charge is -2.25. The molecule has 114 valence electrons. The Bertz CT molecular complexity index is 648. The molecule has 1 atom stereocenters. The summed E-state index contributed by atoms with van der Waals surface area (Å²) in [6, 6.07) is 7.13. The zero-order valence-electron chi connectivity index (χ0n) is 11.8. The number of nitrogen functional groups attached to an aromatic ring is 1. The van der Waals surface area contributed by atoms with E-state index in [1.807, 2.05) is 12.1 Å². The second kappa shape index (κ2) is 5.02. The maximum absolute atomic E-state index is 12.6. The van der Waals surface area contributed by atoms with E-state index in [1.165, 1.54) is 0 Å². The van der Waals surface area contributed by atoms with E-state index >= 15 is 0 Å². The monoisotopic (exact) mass is 308 g/mol. The lowest BCUT2D eigenvalue weighted by molar-refractivity contribution is -0.124. The van der Waals surface area contributed by atoms with E-state index in [2.05, 4.69) is 5.32 Å². The average Bonchev–Trinajstić information content (AvgIpc) is 3.20. The molecule has 5 nitrogen and oxygen atoms in total. The van der Waals surface area contributed by atoms with Crippen LogP contribution < -0.4 is 11.1 Å². The Hall–Kier alpha value is -1.56. The largest absolute Gasteiger partial charge is 0.399 e. The molecule has 0 bridgehead atoms. The zero-order valence-corrected chi connectivity index (χ0v) is 12.7. The highest BCUT2D eigenvalue weighted by atomic mass is 32.2. The van der Waals surface area contributed by atoms with Crippen LogP contribution in [0, 0.1) is 0 Å². The van der Waals surface area contributed by atoms with Crippen LogP contribution in [0.2, 0.25) is 0 Å². The number of nitrogens with one attached hydrogen (secondary N) is 1. The first kappa shape index (κ1) is 14.4. The van der Waals surface area contributed by atoms with E-state index in [4.69, 9.17) is 5.73 Å². The van der Waals surface area contributed by atoms with Crippen molar-refractivity contribution < 1.29 is 13.2 Å². The van der Waals surface area contributed by atoms with Gasteiger partial charge in [0.25, 0.3) is 0 Å². The standard InChI is InChI=1S/C15H20N2O3S/c16-12-5-3-11(4-6-12)15(7-8-15)14(18)17-13-2-1-9-21(19,20)10-13/h3-6,13H,1-2,7-10,16H2,(H,17,18). The first-order valence-electron chi connectivity index (χ1n) is 7.29. The number of hydrogen-bond acceptors (Lipinski definition) is 4. The molecule has 0 aromatic heterocycles. The van der Waals surface area contributed by atoms with E-state index in [-0.39, 0.29) is 23.5 Å². The Balaban J connectivity index is 1.72. The van der Waals surface area contributed by atoms with Crippen molar-refractivity contribution >= 4 is 21.4 Å². The molecule has 0 spiro atoms. The van der Waals surface area contributed by atoms with Gasteiger partial charge in [0.1, 0.15) is 0 Å². The normalized spacial score (nSPS) is 26.0. The van der Waals surface area contributed by atoms with Crippen molar-refractivity contribution in [3.05, 3.63) is 29.8 Å². The third-order valence-electron chi connectivity index (χ3n) is 4.45. The number of sulfone groups is 1. The molecule has 1 amide bonds. The quantitative estimate of drug-likeness (QED) is 0.815. The van der Waals surface area contributed by atoms with Gasteiger partial charge in [-0.05, 0) is 43.4 Å². The highest BCUT2D eigenvalue weighted by molar-refractivity contribution is 7.91. The summed E-state index contributed by atoms with van der Waals surface area (Å²) in [7, 11) is -3.00. The number of anilines is 1. The molecule has 21 heavy (non-hydrogen) atoms. The number of carbonyl (C=O) groups is 1. The van der Waals surface area contributed by atoms with Gasteiger partial charge in [0.15, 0.2) is 9.84 Å². The fraction of sp³-hybridized carbons (Fsp3) is 0.533. The maximum atomic E-state index is 12.6. The molecule has 1 saturated carbocycles. The van der Waals surface area contributed by atoms with Crippen molar-refractivity contribution in [3.8, 4) is 0 Å². The van der Waals surface area contributed by atoms with Crippen molar-refractivity contribution in [3.63, 3.8) is 0 Å². The van der Waals surface area contributed by atoms with Gasteiger partial charge in [-0.2, -0.15) is 0 Å². The Kier molecular flexibility index (Phi) is 3.43. The topological polar surface area (TPSA) is 89.3 Å². The number of carbonyl (C=O) groups excluding carboxylic acids is 1. The average molecular weight is 308 g/mol. The zero-order chi connectivity index (χ0) is 15.1. The fourth-order valence-corrected chi connectivity index (χ4v) is 4.67. The molecule has 1 aliphatic heterocycles. The molecule has 1 saturated heterocycles. The van der Waals surface area contributed by atoms with Crippen LogP contribution in [0.15, 0.2) is 24.3 Å². The van der Waals surface area contributed by atoms with Gasteiger partial charge in [-0.3, -0.25) is 4.79 Å². The number of nitrogens with two attached hydrogens (primary N) is 1. The third kappa shape index (κ3) is 2.90. The van der Waals surface area contributed by atoms with E-state index in [1.54, 1.807) is 12.1 Å². The van der Waals surface area contributed by atoms with Gasteiger partial charge in [0, 0.05) is 11.7 Å². The molecule has 1 unspecified atom stereocenters. The summed E-state index contributed by atoms with van der Waals surface area (Å²) in [5, 5.41) is 2.94. The second-order valence-electron chi connectivity index (χ2n) is 6.13. The molecule has 0 radical (unpaired) electrons. The summed E-state index contributed by atoms with van der Waals surface area (Å²) >= 11 is 0. The Labute approximate surface area is 124 Å². The second-order valence-corrected chi connectivity index (χ2v) is 8.36. The number of hydrogen-bond donors (Lipinski definition) is 2. The minimum absolute atomic E-state index is 0.0469. The minimum atomic E-state index is -3.00. The summed E-state index contributed by atoms with van der Waals surface area (Å²) < 4.78 is 23.3. The van der Waals surface area contributed by atoms with Gasteiger partial charge in [-0.1, -0.05) is 12.1 Å². The molecule has 1 aromatic carbocycles. The summed E-state index contributed by atoms with van der Waals surface area (Å²) in [4.78, 5) is 12.6. The van der Waals surface area contributed by atoms with Crippen LogP contribution in [-0.2, 0) is 20.0 Å². The van der Waals surface area contributed by atoms with E-state index in [0.717, 1.165) is 24.8 Å². The van der Waals surface area contributed by atoms with Crippen molar-refractivity contribution in [2.45, 2.75) is 37.1 Å². The van der Waals surface area contributed by atoms with Crippen LogP contribution in [0.5, 0.6) is 0 Å². The lowest BCUT2D eigenvalue weighted by atomic mass is 9.94. The molecule has 1 aliphatic carbocycles. The molecule has 1 aromatic rings. The number of amides is 1. The van der Waals surface area contributed by atoms with Crippen LogP contribution in [-0.4, -0.2) is 31.9 Å².